The van der Waals surface area contributed by atoms with Crippen LogP contribution in [0.3, 0.4) is 0 Å². The number of rotatable bonds is 7. The molecule has 0 aliphatic heterocycles. The highest BCUT2D eigenvalue weighted by molar-refractivity contribution is 7.88. The Morgan fingerprint density at radius 3 is 2.76 bits per heavy atom. The first-order chi connectivity index (χ1) is 9.96. The average molecular weight is 340 g/mol. The molecule has 21 heavy (non-hydrogen) atoms. The second kappa shape index (κ2) is 7.13. The lowest BCUT2D eigenvalue weighted by Crippen LogP contribution is -2.27. The molecular formula is C14H16N2O2S3. The van der Waals surface area contributed by atoms with Crippen LogP contribution in [0.1, 0.15) is 16.0 Å². The summed E-state index contributed by atoms with van der Waals surface area (Å²) in [6.45, 7) is 0.401. The number of nitrogens with one attached hydrogen (secondary N) is 1. The Morgan fingerprint density at radius 2 is 2.10 bits per heavy atom. The minimum Gasteiger partial charge on any atom is -0.389 e. The van der Waals surface area contributed by atoms with Gasteiger partial charge in [-0.25, -0.2) is 13.1 Å². The number of sulfonamides is 1. The molecule has 0 unspecified atom stereocenters. The van der Waals surface area contributed by atoms with Gasteiger partial charge in [-0.05, 0) is 29.5 Å². The largest absolute Gasteiger partial charge is 0.389 e. The number of thiophene rings is 1. The summed E-state index contributed by atoms with van der Waals surface area (Å²) < 4.78 is 26.7. The van der Waals surface area contributed by atoms with Crippen LogP contribution < -0.4 is 10.5 Å². The molecule has 112 valence electrons. The van der Waals surface area contributed by atoms with E-state index in [0.29, 0.717) is 24.1 Å². The predicted molar refractivity (Wildman–Crippen MR) is 91.0 cm³/mol. The van der Waals surface area contributed by atoms with Crippen molar-refractivity contribution in [2.45, 2.75) is 12.2 Å². The zero-order chi connectivity index (χ0) is 15.3. The lowest BCUT2D eigenvalue weighted by atomic mass is 10.1. The number of thiocarbonyl (C=S) groups is 1. The first-order valence-electron chi connectivity index (χ1n) is 6.35. The molecule has 0 amide bonds. The molecule has 0 radical (unpaired) electrons. The maximum atomic E-state index is 12.0. The molecule has 1 aromatic carbocycles. The number of nitrogens with two attached hydrogens (primary N) is 1. The summed E-state index contributed by atoms with van der Waals surface area (Å²) in [7, 11) is -3.36. The second-order valence-corrected chi connectivity index (χ2v) is 7.83. The van der Waals surface area contributed by atoms with Crippen LogP contribution in [0.5, 0.6) is 0 Å². The van der Waals surface area contributed by atoms with Gasteiger partial charge in [-0.1, -0.05) is 36.5 Å². The summed E-state index contributed by atoms with van der Waals surface area (Å²) in [6, 6.07) is 10.9. The number of hydrogen-bond donors (Lipinski definition) is 2. The van der Waals surface area contributed by atoms with Crippen molar-refractivity contribution >= 4 is 38.6 Å². The molecule has 1 aromatic heterocycles. The van der Waals surface area contributed by atoms with Crippen LogP contribution in [0.2, 0.25) is 0 Å². The van der Waals surface area contributed by atoms with Gasteiger partial charge in [0.2, 0.25) is 10.0 Å². The Labute approximate surface area is 134 Å². The molecule has 0 aliphatic rings. The van der Waals surface area contributed by atoms with E-state index in [1.807, 2.05) is 17.5 Å². The molecule has 2 rings (SSSR count). The molecule has 0 fully saturated rings. The average Bonchev–Trinajstić information content (AvgIpc) is 2.91. The maximum Gasteiger partial charge on any atom is 0.215 e. The highest BCUT2D eigenvalue weighted by atomic mass is 32.2. The van der Waals surface area contributed by atoms with Gasteiger partial charge in [-0.15, -0.1) is 11.3 Å². The van der Waals surface area contributed by atoms with E-state index in [4.69, 9.17) is 18.0 Å². The third kappa shape index (κ3) is 5.20. The highest BCUT2D eigenvalue weighted by Crippen LogP contribution is 2.10. The van der Waals surface area contributed by atoms with Crippen LogP contribution in [0.25, 0.3) is 0 Å². The molecule has 0 atom stereocenters. The molecule has 4 nitrogen and oxygen atoms in total. The Kier molecular flexibility index (Phi) is 5.46. The van der Waals surface area contributed by atoms with Gasteiger partial charge in [0, 0.05) is 17.0 Å². The third-order valence-corrected chi connectivity index (χ3v) is 5.37. The quantitative estimate of drug-likeness (QED) is 0.757. The summed E-state index contributed by atoms with van der Waals surface area (Å²) in [5, 5.41) is 1.98. The first-order valence-corrected chi connectivity index (χ1v) is 9.29. The molecular weight excluding hydrogens is 324 g/mol. The normalized spacial score (nSPS) is 11.4. The predicted octanol–water partition coefficient (Wildman–Crippen LogP) is 2.04. The molecule has 0 aliphatic carbocycles. The molecule has 3 N–H and O–H groups in total. The summed E-state index contributed by atoms with van der Waals surface area (Å²) in [5.74, 6) is -0.0755. The molecule has 2 aromatic rings. The molecule has 7 heteroatoms. The zero-order valence-corrected chi connectivity index (χ0v) is 13.7. The van der Waals surface area contributed by atoms with E-state index in [1.54, 1.807) is 35.6 Å². The van der Waals surface area contributed by atoms with Crippen molar-refractivity contribution in [1.82, 2.24) is 4.72 Å². The van der Waals surface area contributed by atoms with E-state index in [0.717, 1.165) is 4.88 Å². The summed E-state index contributed by atoms with van der Waals surface area (Å²) >= 11 is 6.51. The Hall–Kier alpha value is -1.28. The van der Waals surface area contributed by atoms with Crippen molar-refractivity contribution in [3.05, 3.63) is 57.8 Å². The van der Waals surface area contributed by atoms with Gasteiger partial charge in [0.1, 0.15) is 4.99 Å². The van der Waals surface area contributed by atoms with Gasteiger partial charge < -0.3 is 5.73 Å². The SMILES string of the molecule is NC(=S)c1cccc(CS(=O)(=O)NCCc2cccs2)c1. The van der Waals surface area contributed by atoms with E-state index >= 15 is 0 Å². The van der Waals surface area contributed by atoms with E-state index in [9.17, 15) is 8.42 Å². The Morgan fingerprint density at radius 1 is 1.29 bits per heavy atom. The standard InChI is InChI=1S/C14H16N2O2S3/c15-14(19)12-4-1-3-11(9-12)10-21(17,18)16-7-6-13-5-2-8-20-13/h1-5,8-9,16H,6-7,10H2,(H2,15,19). The highest BCUT2D eigenvalue weighted by Gasteiger charge is 2.11. The van der Waals surface area contributed by atoms with Crippen LogP contribution in [0, 0.1) is 0 Å². The van der Waals surface area contributed by atoms with Crippen molar-refractivity contribution in [3.8, 4) is 0 Å². The number of hydrogen-bond acceptors (Lipinski definition) is 4. The van der Waals surface area contributed by atoms with Gasteiger partial charge in [-0.2, -0.15) is 0 Å². The van der Waals surface area contributed by atoms with E-state index in [-0.39, 0.29) is 10.7 Å². The van der Waals surface area contributed by atoms with Crippen LogP contribution in [0.4, 0.5) is 0 Å². The van der Waals surface area contributed by atoms with Gasteiger partial charge in [0.15, 0.2) is 0 Å². The lowest BCUT2D eigenvalue weighted by molar-refractivity contribution is 0.581. The van der Waals surface area contributed by atoms with Gasteiger partial charge in [-0.3, -0.25) is 0 Å². The minimum absolute atomic E-state index is 0.0755. The molecule has 1 heterocycles. The van der Waals surface area contributed by atoms with Crippen molar-refractivity contribution in [2.24, 2.45) is 5.73 Å². The molecule has 0 spiro atoms. The Bertz CT molecular complexity index is 710. The van der Waals surface area contributed by atoms with Crippen LogP contribution in [0.15, 0.2) is 41.8 Å². The first kappa shape index (κ1) is 16.1. The van der Waals surface area contributed by atoms with Crippen molar-refractivity contribution in [2.75, 3.05) is 6.54 Å². The molecule has 0 saturated heterocycles. The van der Waals surface area contributed by atoms with Crippen molar-refractivity contribution in [3.63, 3.8) is 0 Å². The van der Waals surface area contributed by atoms with E-state index in [2.05, 4.69) is 4.72 Å². The molecule has 0 bridgehead atoms. The van der Waals surface area contributed by atoms with Crippen LogP contribution in [-0.4, -0.2) is 20.0 Å². The second-order valence-electron chi connectivity index (χ2n) is 4.55. The Balaban J connectivity index is 1.94. The van der Waals surface area contributed by atoms with Gasteiger partial charge >= 0.3 is 0 Å². The zero-order valence-electron chi connectivity index (χ0n) is 11.3. The van der Waals surface area contributed by atoms with Crippen molar-refractivity contribution in [1.29, 1.82) is 0 Å². The summed E-state index contributed by atoms with van der Waals surface area (Å²) in [5.41, 5.74) is 6.90. The van der Waals surface area contributed by atoms with E-state index in [1.165, 1.54) is 0 Å². The minimum atomic E-state index is -3.36. The maximum absolute atomic E-state index is 12.0. The fourth-order valence-corrected chi connectivity index (χ4v) is 3.84. The smallest absolute Gasteiger partial charge is 0.215 e. The van der Waals surface area contributed by atoms with Gasteiger partial charge in [0.25, 0.3) is 0 Å². The fraction of sp³-hybridized carbons (Fsp3) is 0.214. The topological polar surface area (TPSA) is 72.2 Å². The number of benzene rings is 1. The summed E-state index contributed by atoms with van der Waals surface area (Å²) in [4.78, 5) is 1.42. The monoisotopic (exact) mass is 340 g/mol. The van der Waals surface area contributed by atoms with Crippen LogP contribution in [-0.2, 0) is 22.2 Å². The van der Waals surface area contributed by atoms with E-state index < -0.39 is 10.0 Å². The fourth-order valence-electron chi connectivity index (χ4n) is 1.87. The van der Waals surface area contributed by atoms with Crippen molar-refractivity contribution < 1.29 is 8.42 Å². The third-order valence-electron chi connectivity index (χ3n) is 2.84. The summed E-state index contributed by atoms with van der Waals surface area (Å²) in [6.07, 6.45) is 0.698. The van der Waals surface area contributed by atoms with Crippen LogP contribution >= 0.6 is 23.6 Å². The lowest BCUT2D eigenvalue weighted by Gasteiger charge is -2.07. The van der Waals surface area contributed by atoms with Gasteiger partial charge in [0.05, 0.1) is 5.75 Å². The molecule has 0 saturated carbocycles.